The molecule has 0 aliphatic heterocycles. The van der Waals surface area contributed by atoms with Gasteiger partial charge in [0.15, 0.2) is 5.13 Å². The number of benzene rings is 2. The Morgan fingerprint density at radius 2 is 1.75 bits per heavy atom. The molecule has 3 rings (SSSR count). The molecule has 3 aromatic rings. The van der Waals surface area contributed by atoms with Crippen molar-refractivity contribution in [2.45, 2.75) is 26.7 Å². The predicted molar refractivity (Wildman–Crippen MR) is 114 cm³/mol. The first kappa shape index (κ1) is 19.9. The fourth-order valence-corrected chi connectivity index (χ4v) is 3.50. The van der Waals surface area contributed by atoms with E-state index in [4.69, 9.17) is 9.47 Å². The quantitative estimate of drug-likeness (QED) is 0.507. The summed E-state index contributed by atoms with van der Waals surface area (Å²) in [6, 6.07) is 14.9. The lowest BCUT2D eigenvalue weighted by Gasteiger charge is -2.06. The first-order chi connectivity index (χ1) is 13.6. The van der Waals surface area contributed by atoms with Crippen molar-refractivity contribution in [2.75, 3.05) is 19.0 Å². The van der Waals surface area contributed by atoms with Crippen molar-refractivity contribution in [3.8, 4) is 22.8 Å². The van der Waals surface area contributed by atoms with Crippen molar-refractivity contribution in [2.24, 2.45) is 0 Å². The van der Waals surface area contributed by atoms with Gasteiger partial charge < -0.3 is 9.47 Å². The SMILES string of the molecule is CCCCOc1ccc(C(=O)Nc2nc(-c3ccc(OC)cc3)c(C)s2)cc1. The van der Waals surface area contributed by atoms with Gasteiger partial charge in [0.05, 0.1) is 19.4 Å². The molecule has 0 saturated carbocycles. The van der Waals surface area contributed by atoms with Crippen LogP contribution in [0.15, 0.2) is 48.5 Å². The topological polar surface area (TPSA) is 60.5 Å². The van der Waals surface area contributed by atoms with Gasteiger partial charge in [0.1, 0.15) is 11.5 Å². The third kappa shape index (κ3) is 4.89. The number of hydrogen-bond acceptors (Lipinski definition) is 5. The Balaban J connectivity index is 1.67. The maximum Gasteiger partial charge on any atom is 0.257 e. The van der Waals surface area contributed by atoms with Crippen LogP contribution in [0.25, 0.3) is 11.3 Å². The van der Waals surface area contributed by atoms with Crippen LogP contribution in [-0.2, 0) is 0 Å². The minimum absolute atomic E-state index is 0.185. The number of aryl methyl sites for hydroxylation is 1. The van der Waals surface area contributed by atoms with Crippen LogP contribution < -0.4 is 14.8 Å². The zero-order valence-electron chi connectivity index (χ0n) is 16.3. The van der Waals surface area contributed by atoms with Gasteiger partial charge in [0, 0.05) is 16.0 Å². The standard InChI is InChI=1S/C22H24N2O3S/c1-4-5-14-27-19-12-8-17(9-13-19)21(25)24-22-23-20(15(2)28-22)16-6-10-18(26-3)11-7-16/h6-13H,4-5,14H2,1-3H3,(H,23,24,25). The molecule has 2 aromatic carbocycles. The summed E-state index contributed by atoms with van der Waals surface area (Å²) in [7, 11) is 1.64. The van der Waals surface area contributed by atoms with Crippen molar-refractivity contribution >= 4 is 22.4 Å². The minimum atomic E-state index is -0.185. The average molecular weight is 397 g/mol. The molecular weight excluding hydrogens is 372 g/mol. The molecule has 0 atom stereocenters. The molecule has 5 nitrogen and oxygen atoms in total. The predicted octanol–water partition coefficient (Wildman–Crippen LogP) is 5.56. The molecule has 1 amide bonds. The molecule has 1 heterocycles. The minimum Gasteiger partial charge on any atom is -0.497 e. The van der Waals surface area contributed by atoms with Crippen LogP contribution >= 0.6 is 11.3 Å². The number of carbonyl (C=O) groups excluding carboxylic acids is 1. The van der Waals surface area contributed by atoms with E-state index in [1.807, 2.05) is 43.3 Å². The van der Waals surface area contributed by atoms with Gasteiger partial charge in [0.25, 0.3) is 5.91 Å². The Kier molecular flexibility index (Phi) is 6.66. The lowest BCUT2D eigenvalue weighted by molar-refractivity contribution is 0.102. The first-order valence-corrected chi connectivity index (χ1v) is 10.1. The largest absolute Gasteiger partial charge is 0.497 e. The van der Waals surface area contributed by atoms with Gasteiger partial charge >= 0.3 is 0 Å². The first-order valence-electron chi connectivity index (χ1n) is 9.26. The Morgan fingerprint density at radius 1 is 1.07 bits per heavy atom. The number of thiazole rings is 1. The number of methoxy groups -OCH3 is 1. The van der Waals surface area contributed by atoms with Crippen molar-refractivity contribution in [3.05, 3.63) is 59.0 Å². The number of rotatable bonds is 8. The Morgan fingerprint density at radius 3 is 2.39 bits per heavy atom. The highest BCUT2D eigenvalue weighted by molar-refractivity contribution is 7.16. The summed E-state index contributed by atoms with van der Waals surface area (Å²) in [5, 5.41) is 3.47. The van der Waals surface area contributed by atoms with Crippen molar-refractivity contribution in [3.63, 3.8) is 0 Å². The molecular formula is C22H24N2O3S. The number of carbonyl (C=O) groups is 1. The molecule has 0 saturated heterocycles. The van der Waals surface area contributed by atoms with E-state index in [0.717, 1.165) is 40.5 Å². The fraction of sp³-hybridized carbons (Fsp3) is 0.273. The Bertz CT molecular complexity index is 918. The fourth-order valence-electron chi connectivity index (χ4n) is 2.67. The van der Waals surface area contributed by atoms with Gasteiger partial charge in [-0.2, -0.15) is 0 Å². The second-order valence-electron chi connectivity index (χ2n) is 6.33. The maximum atomic E-state index is 12.5. The summed E-state index contributed by atoms with van der Waals surface area (Å²) in [6.07, 6.45) is 2.11. The van der Waals surface area contributed by atoms with E-state index in [1.54, 1.807) is 19.2 Å². The Hall–Kier alpha value is -2.86. The van der Waals surface area contributed by atoms with Crippen LogP contribution in [0, 0.1) is 6.92 Å². The number of unbranched alkanes of at least 4 members (excludes halogenated alkanes) is 1. The second kappa shape index (κ2) is 9.37. The summed E-state index contributed by atoms with van der Waals surface area (Å²) >= 11 is 1.46. The van der Waals surface area contributed by atoms with E-state index in [2.05, 4.69) is 17.2 Å². The van der Waals surface area contributed by atoms with E-state index >= 15 is 0 Å². The number of aromatic nitrogens is 1. The molecule has 0 fully saturated rings. The van der Waals surface area contributed by atoms with Crippen LogP contribution in [0.3, 0.4) is 0 Å². The maximum absolute atomic E-state index is 12.5. The third-order valence-corrected chi connectivity index (χ3v) is 5.15. The molecule has 28 heavy (non-hydrogen) atoms. The van der Waals surface area contributed by atoms with Crippen LogP contribution in [0.2, 0.25) is 0 Å². The van der Waals surface area contributed by atoms with Gasteiger partial charge in [-0.3, -0.25) is 10.1 Å². The normalized spacial score (nSPS) is 10.5. The highest BCUT2D eigenvalue weighted by atomic mass is 32.1. The van der Waals surface area contributed by atoms with E-state index in [1.165, 1.54) is 11.3 Å². The zero-order chi connectivity index (χ0) is 19.9. The number of amides is 1. The van der Waals surface area contributed by atoms with E-state index in [9.17, 15) is 4.79 Å². The summed E-state index contributed by atoms with van der Waals surface area (Å²) in [6.45, 7) is 4.81. The molecule has 1 aromatic heterocycles. The van der Waals surface area contributed by atoms with Crippen molar-refractivity contribution in [1.82, 2.24) is 4.98 Å². The van der Waals surface area contributed by atoms with Crippen LogP contribution in [0.5, 0.6) is 11.5 Å². The molecule has 0 aliphatic rings. The number of anilines is 1. The zero-order valence-corrected chi connectivity index (χ0v) is 17.1. The lowest BCUT2D eigenvalue weighted by atomic mass is 10.1. The molecule has 0 unspecified atom stereocenters. The third-order valence-electron chi connectivity index (χ3n) is 4.26. The summed E-state index contributed by atoms with van der Waals surface area (Å²) in [5.74, 6) is 1.39. The Labute approximate surface area is 169 Å². The molecule has 0 radical (unpaired) electrons. The van der Waals surface area contributed by atoms with Gasteiger partial charge in [-0.15, -0.1) is 11.3 Å². The van der Waals surface area contributed by atoms with Gasteiger partial charge in [-0.25, -0.2) is 4.98 Å². The highest BCUT2D eigenvalue weighted by Crippen LogP contribution is 2.31. The van der Waals surface area contributed by atoms with Crippen molar-refractivity contribution in [1.29, 1.82) is 0 Å². The molecule has 6 heteroatoms. The van der Waals surface area contributed by atoms with Crippen LogP contribution in [-0.4, -0.2) is 24.6 Å². The summed E-state index contributed by atoms with van der Waals surface area (Å²) < 4.78 is 10.8. The van der Waals surface area contributed by atoms with Gasteiger partial charge in [-0.05, 0) is 61.9 Å². The number of ether oxygens (including phenoxy) is 2. The smallest absolute Gasteiger partial charge is 0.257 e. The monoisotopic (exact) mass is 396 g/mol. The molecule has 0 spiro atoms. The van der Waals surface area contributed by atoms with Gasteiger partial charge in [0.2, 0.25) is 0 Å². The van der Waals surface area contributed by atoms with Gasteiger partial charge in [-0.1, -0.05) is 13.3 Å². The number of nitrogens with one attached hydrogen (secondary N) is 1. The van der Waals surface area contributed by atoms with Crippen LogP contribution in [0.1, 0.15) is 35.0 Å². The average Bonchev–Trinajstić information content (AvgIpc) is 3.08. The molecule has 0 aliphatic carbocycles. The van der Waals surface area contributed by atoms with E-state index < -0.39 is 0 Å². The van der Waals surface area contributed by atoms with Crippen LogP contribution in [0.4, 0.5) is 5.13 Å². The molecule has 0 bridgehead atoms. The molecule has 146 valence electrons. The lowest BCUT2D eigenvalue weighted by Crippen LogP contribution is -2.11. The second-order valence-corrected chi connectivity index (χ2v) is 7.54. The summed E-state index contributed by atoms with van der Waals surface area (Å²) in [5.41, 5.74) is 2.42. The van der Waals surface area contributed by atoms with Crippen molar-refractivity contribution < 1.29 is 14.3 Å². The number of nitrogens with zero attached hydrogens (tertiary/aromatic N) is 1. The highest BCUT2D eigenvalue weighted by Gasteiger charge is 2.13. The number of hydrogen-bond donors (Lipinski definition) is 1. The molecule has 1 N–H and O–H groups in total. The summed E-state index contributed by atoms with van der Waals surface area (Å²) in [4.78, 5) is 18.2. The van der Waals surface area contributed by atoms with E-state index in [-0.39, 0.29) is 5.91 Å². The van der Waals surface area contributed by atoms with E-state index in [0.29, 0.717) is 17.3 Å².